The average molecular weight is 229 g/mol. The molecule has 15 heavy (non-hydrogen) atoms. The number of nitrogen functional groups attached to an aromatic ring is 1. The summed E-state index contributed by atoms with van der Waals surface area (Å²) in [5.74, 6) is 0. The first-order chi connectivity index (χ1) is 7.17. The van der Waals surface area contributed by atoms with Crippen LogP contribution in [0.1, 0.15) is 12.5 Å². The van der Waals surface area contributed by atoms with Crippen LogP contribution in [-0.4, -0.2) is 29.7 Å². The number of hydrogen-bond acceptors (Lipinski definition) is 3. The van der Waals surface area contributed by atoms with Gasteiger partial charge >= 0.3 is 0 Å². The van der Waals surface area contributed by atoms with E-state index in [-0.39, 0.29) is 6.61 Å². The van der Waals surface area contributed by atoms with E-state index in [0.717, 1.165) is 18.7 Å². The monoisotopic (exact) mass is 228 g/mol. The Bertz CT molecular complexity index is 317. The molecular formula is C11H17ClN2O. The fourth-order valence-corrected chi connectivity index (χ4v) is 1.67. The van der Waals surface area contributed by atoms with Crippen LogP contribution in [0.2, 0.25) is 5.02 Å². The van der Waals surface area contributed by atoms with E-state index < -0.39 is 0 Å². The van der Waals surface area contributed by atoms with E-state index in [4.69, 9.17) is 22.4 Å². The Morgan fingerprint density at radius 2 is 2.20 bits per heavy atom. The van der Waals surface area contributed by atoms with Gasteiger partial charge in [-0.15, -0.1) is 0 Å². The normalized spacial score (nSPS) is 10.9. The van der Waals surface area contributed by atoms with Gasteiger partial charge in [0.15, 0.2) is 0 Å². The molecule has 0 radical (unpaired) electrons. The van der Waals surface area contributed by atoms with Gasteiger partial charge in [0, 0.05) is 23.8 Å². The summed E-state index contributed by atoms with van der Waals surface area (Å²) in [5, 5.41) is 9.55. The smallest absolute Gasteiger partial charge is 0.0558 e. The molecule has 0 atom stereocenters. The topological polar surface area (TPSA) is 49.5 Å². The van der Waals surface area contributed by atoms with Crippen molar-refractivity contribution < 1.29 is 5.11 Å². The standard InChI is InChI=1S/C11H17ClN2O/c1-2-14(5-6-15)8-9-3-4-10(13)7-11(9)12/h3-4,7,15H,2,5-6,8,13H2,1H3. The lowest BCUT2D eigenvalue weighted by Gasteiger charge is -2.19. The lowest BCUT2D eigenvalue weighted by molar-refractivity contribution is 0.197. The molecule has 0 saturated heterocycles. The quantitative estimate of drug-likeness (QED) is 0.755. The minimum absolute atomic E-state index is 0.167. The molecule has 0 bridgehead atoms. The molecular weight excluding hydrogens is 212 g/mol. The zero-order valence-electron chi connectivity index (χ0n) is 8.91. The van der Waals surface area contributed by atoms with E-state index in [1.54, 1.807) is 6.07 Å². The van der Waals surface area contributed by atoms with Crippen molar-refractivity contribution >= 4 is 17.3 Å². The van der Waals surface area contributed by atoms with Crippen LogP contribution in [-0.2, 0) is 6.54 Å². The van der Waals surface area contributed by atoms with Gasteiger partial charge in [-0.1, -0.05) is 24.6 Å². The number of rotatable bonds is 5. The maximum atomic E-state index is 8.86. The van der Waals surface area contributed by atoms with Crippen molar-refractivity contribution in [2.75, 3.05) is 25.4 Å². The molecule has 3 N–H and O–H groups in total. The third-order valence-corrected chi connectivity index (χ3v) is 2.69. The Hall–Kier alpha value is -0.770. The summed E-state index contributed by atoms with van der Waals surface area (Å²) in [6.07, 6.45) is 0. The summed E-state index contributed by atoms with van der Waals surface area (Å²) in [4.78, 5) is 2.12. The predicted octanol–water partition coefficient (Wildman–Crippen LogP) is 1.74. The van der Waals surface area contributed by atoms with Crippen LogP contribution in [0.25, 0.3) is 0 Å². The van der Waals surface area contributed by atoms with Crippen molar-refractivity contribution in [3.8, 4) is 0 Å². The second kappa shape index (κ2) is 5.95. The van der Waals surface area contributed by atoms with E-state index in [1.165, 1.54) is 0 Å². The Balaban J connectivity index is 2.70. The molecule has 3 nitrogen and oxygen atoms in total. The molecule has 0 spiro atoms. The average Bonchev–Trinajstić information content (AvgIpc) is 2.21. The van der Waals surface area contributed by atoms with E-state index in [2.05, 4.69) is 11.8 Å². The number of aliphatic hydroxyl groups excluding tert-OH is 1. The minimum Gasteiger partial charge on any atom is -0.399 e. The van der Waals surface area contributed by atoms with Crippen LogP contribution < -0.4 is 5.73 Å². The Morgan fingerprint density at radius 3 is 2.73 bits per heavy atom. The largest absolute Gasteiger partial charge is 0.399 e. The van der Waals surface area contributed by atoms with Crippen LogP contribution in [0.3, 0.4) is 0 Å². The molecule has 4 heteroatoms. The van der Waals surface area contributed by atoms with Gasteiger partial charge in [0.05, 0.1) is 6.61 Å². The van der Waals surface area contributed by atoms with E-state index in [0.29, 0.717) is 17.3 Å². The summed E-state index contributed by atoms with van der Waals surface area (Å²) in [7, 11) is 0. The number of nitrogens with zero attached hydrogens (tertiary/aromatic N) is 1. The molecule has 0 aliphatic heterocycles. The number of nitrogens with two attached hydrogens (primary N) is 1. The minimum atomic E-state index is 0.167. The Labute approximate surface area is 95.5 Å². The fraction of sp³-hybridized carbons (Fsp3) is 0.455. The Kier molecular flexibility index (Phi) is 4.88. The highest BCUT2D eigenvalue weighted by Crippen LogP contribution is 2.20. The first kappa shape index (κ1) is 12.3. The lowest BCUT2D eigenvalue weighted by atomic mass is 10.2. The van der Waals surface area contributed by atoms with Crippen molar-refractivity contribution in [2.45, 2.75) is 13.5 Å². The number of likely N-dealkylation sites (N-methyl/N-ethyl adjacent to an activating group) is 1. The molecule has 1 aromatic rings. The molecule has 0 unspecified atom stereocenters. The number of benzene rings is 1. The molecule has 0 aliphatic carbocycles. The van der Waals surface area contributed by atoms with Crippen molar-refractivity contribution in [1.82, 2.24) is 4.90 Å². The zero-order valence-corrected chi connectivity index (χ0v) is 9.67. The van der Waals surface area contributed by atoms with Crippen LogP contribution in [0.15, 0.2) is 18.2 Å². The van der Waals surface area contributed by atoms with Crippen molar-refractivity contribution in [3.05, 3.63) is 28.8 Å². The van der Waals surface area contributed by atoms with Crippen LogP contribution in [0, 0.1) is 0 Å². The molecule has 0 amide bonds. The third kappa shape index (κ3) is 3.70. The maximum absolute atomic E-state index is 8.86. The molecule has 0 saturated carbocycles. The highest BCUT2D eigenvalue weighted by Gasteiger charge is 2.06. The Morgan fingerprint density at radius 1 is 1.47 bits per heavy atom. The highest BCUT2D eigenvalue weighted by atomic mass is 35.5. The molecule has 84 valence electrons. The zero-order chi connectivity index (χ0) is 11.3. The maximum Gasteiger partial charge on any atom is 0.0558 e. The van der Waals surface area contributed by atoms with Crippen molar-refractivity contribution in [3.63, 3.8) is 0 Å². The van der Waals surface area contributed by atoms with Gasteiger partial charge in [-0.3, -0.25) is 4.90 Å². The SMILES string of the molecule is CCN(CCO)Cc1ccc(N)cc1Cl. The predicted molar refractivity (Wildman–Crippen MR) is 63.9 cm³/mol. The van der Waals surface area contributed by atoms with Gasteiger partial charge in [-0.2, -0.15) is 0 Å². The van der Waals surface area contributed by atoms with Crippen molar-refractivity contribution in [2.24, 2.45) is 0 Å². The van der Waals surface area contributed by atoms with Crippen LogP contribution in [0.4, 0.5) is 5.69 Å². The number of halogens is 1. The van der Waals surface area contributed by atoms with Gasteiger partial charge in [0.25, 0.3) is 0 Å². The number of aliphatic hydroxyl groups is 1. The molecule has 0 aliphatic rings. The molecule has 0 heterocycles. The molecule has 0 aromatic heterocycles. The van der Waals surface area contributed by atoms with Crippen LogP contribution in [0.5, 0.6) is 0 Å². The molecule has 1 aromatic carbocycles. The second-order valence-corrected chi connectivity index (χ2v) is 3.85. The van der Waals surface area contributed by atoms with Gasteiger partial charge in [0.1, 0.15) is 0 Å². The summed E-state index contributed by atoms with van der Waals surface area (Å²) in [6.45, 7) is 4.52. The third-order valence-electron chi connectivity index (χ3n) is 2.33. The lowest BCUT2D eigenvalue weighted by Crippen LogP contribution is -2.26. The van der Waals surface area contributed by atoms with E-state index >= 15 is 0 Å². The summed E-state index contributed by atoms with van der Waals surface area (Å²) < 4.78 is 0. The van der Waals surface area contributed by atoms with E-state index in [1.807, 2.05) is 12.1 Å². The summed E-state index contributed by atoms with van der Waals surface area (Å²) in [5.41, 5.74) is 7.33. The van der Waals surface area contributed by atoms with Gasteiger partial charge in [-0.05, 0) is 24.2 Å². The highest BCUT2D eigenvalue weighted by molar-refractivity contribution is 6.31. The summed E-state index contributed by atoms with van der Waals surface area (Å²) in [6, 6.07) is 5.52. The van der Waals surface area contributed by atoms with Gasteiger partial charge in [0.2, 0.25) is 0 Å². The fourth-order valence-electron chi connectivity index (χ4n) is 1.42. The van der Waals surface area contributed by atoms with Gasteiger partial charge < -0.3 is 10.8 Å². The van der Waals surface area contributed by atoms with Crippen molar-refractivity contribution in [1.29, 1.82) is 0 Å². The molecule has 1 rings (SSSR count). The molecule has 0 fully saturated rings. The first-order valence-corrected chi connectivity index (χ1v) is 5.42. The second-order valence-electron chi connectivity index (χ2n) is 3.44. The van der Waals surface area contributed by atoms with Crippen LogP contribution >= 0.6 is 11.6 Å². The summed E-state index contributed by atoms with van der Waals surface area (Å²) >= 11 is 6.06. The van der Waals surface area contributed by atoms with E-state index in [9.17, 15) is 0 Å². The number of anilines is 1. The first-order valence-electron chi connectivity index (χ1n) is 5.04. The number of hydrogen-bond donors (Lipinski definition) is 2. The van der Waals surface area contributed by atoms with Gasteiger partial charge in [-0.25, -0.2) is 0 Å².